The van der Waals surface area contributed by atoms with E-state index in [1.807, 2.05) is 18.2 Å². The van der Waals surface area contributed by atoms with Crippen LogP contribution >= 0.6 is 0 Å². The summed E-state index contributed by atoms with van der Waals surface area (Å²) in [5, 5.41) is 3.38. The summed E-state index contributed by atoms with van der Waals surface area (Å²) in [6.45, 7) is 2.96. The van der Waals surface area contributed by atoms with Crippen LogP contribution in [0.1, 0.15) is 17.5 Å². The van der Waals surface area contributed by atoms with Crippen LogP contribution in [0.5, 0.6) is 11.5 Å². The maximum Gasteiger partial charge on any atom is 0.165 e. The Balaban J connectivity index is 1.67. The summed E-state index contributed by atoms with van der Waals surface area (Å²) in [6.07, 6.45) is 4.36. The van der Waals surface area contributed by atoms with Gasteiger partial charge in [-0.25, -0.2) is 0 Å². The van der Waals surface area contributed by atoms with Crippen LogP contribution in [0.2, 0.25) is 0 Å². The Kier molecular flexibility index (Phi) is 3.70. The zero-order valence-corrected chi connectivity index (χ0v) is 10.7. The molecule has 1 N–H and O–H groups in total. The fraction of sp³-hybridized carbons (Fsp3) is 0.333. The molecule has 0 radical (unpaired) electrons. The molecule has 0 aliphatic carbocycles. The Labute approximate surface area is 112 Å². The Hall–Kier alpha value is -1.94. The maximum atomic E-state index is 5.78. The van der Waals surface area contributed by atoms with Crippen molar-refractivity contribution in [2.45, 2.75) is 19.5 Å². The van der Waals surface area contributed by atoms with Gasteiger partial charge in [-0.05, 0) is 12.1 Å². The van der Waals surface area contributed by atoms with E-state index in [2.05, 4.69) is 11.4 Å². The van der Waals surface area contributed by atoms with Gasteiger partial charge in [0.25, 0.3) is 0 Å². The van der Waals surface area contributed by atoms with Crippen molar-refractivity contribution in [3.63, 3.8) is 0 Å². The predicted molar refractivity (Wildman–Crippen MR) is 71.3 cm³/mol. The minimum absolute atomic E-state index is 0.714. The van der Waals surface area contributed by atoms with E-state index in [0.717, 1.165) is 48.7 Å². The molecule has 0 amide bonds. The number of furan rings is 1. The molecule has 2 heterocycles. The SMILES string of the molecule is c1cc(CNCc2ccoc2)c2c(c1)OCCCO2. The molecule has 19 heavy (non-hydrogen) atoms. The smallest absolute Gasteiger partial charge is 0.165 e. The molecule has 0 atom stereocenters. The zero-order chi connectivity index (χ0) is 12.9. The van der Waals surface area contributed by atoms with Gasteiger partial charge >= 0.3 is 0 Å². The minimum atomic E-state index is 0.714. The molecule has 1 aliphatic rings. The first-order chi connectivity index (χ1) is 9.43. The lowest BCUT2D eigenvalue weighted by Gasteiger charge is -2.12. The highest BCUT2D eigenvalue weighted by Gasteiger charge is 2.13. The summed E-state index contributed by atoms with van der Waals surface area (Å²) < 4.78 is 16.5. The number of fused-ring (bicyclic) bond motifs is 1. The standard InChI is InChI=1S/C15H17NO3/c1-3-13(10-16-9-12-5-8-17-11-12)15-14(4-1)18-6-2-7-19-15/h1,3-5,8,11,16H,2,6-7,9-10H2. The average Bonchev–Trinajstić information content (AvgIpc) is 2.82. The number of rotatable bonds is 4. The molecule has 0 unspecified atom stereocenters. The first-order valence-corrected chi connectivity index (χ1v) is 6.53. The highest BCUT2D eigenvalue weighted by Crippen LogP contribution is 2.33. The Morgan fingerprint density at radius 2 is 2.00 bits per heavy atom. The Morgan fingerprint density at radius 3 is 2.89 bits per heavy atom. The van der Waals surface area contributed by atoms with Crippen LogP contribution in [0.4, 0.5) is 0 Å². The van der Waals surface area contributed by atoms with E-state index >= 15 is 0 Å². The van der Waals surface area contributed by atoms with Gasteiger partial charge in [0.1, 0.15) is 0 Å². The lowest BCUT2D eigenvalue weighted by molar-refractivity contribution is 0.296. The highest BCUT2D eigenvalue weighted by molar-refractivity contribution is 5.47. The van der Waals surface area contributed by atoms with Gasteiger partial charge < -0.3 is 19.2 Å². The zero-order valence-electron chi connectivity index (χ0n) is 10.7. The van der Waals surface area contributed by atoms with Gasteiger partial charge in [0, 0.05) is 30.6 Å². The van der Waals surface area contributed by atoms with Gasteiger partial charge in [0.15, 0.2) is 11.5 Å². The summed E-state index contributed by atoms with van der Waals surface area (Å²) in [5.74, 6) is 1.72. The van der Waals surface area contributed by atoms with Gasteiger partial charge in [-0.3, -0.25) is 0 Å². The molecule has 0 fully saturated rings. The van der Waals surface area contributed by atoms with Gasteiger partial charge in [0.05, 0.1) is 25.7 Å². The normalized spacial score (nSPS) is 14.1. The van der Waals surface area contributed by atoms with Crippen molar-refractivity contribution in [3.05, 3.63) is 47.9 Å². The van der Waals surface area contributed by atoms with Gasteiger partial charge in [0.2, 0.25) is 0 Å². The van der Waals surface area contributed by atoms with Crippen LogP contribution in [0.25, 0.3) is 0 Å². The average molecular weight is 259 g/mol. The molecule has 1 aromatic carbocycles. The van der Waals surface area contributed by atoms with E-state index in [1.54, 1.807) is 12.5 Å². The predicted octanol–water partition coefficient (Wildman–Crippen LogP) is 2.73. The minimum Gasteiger partial charge on any atom is -0.490 e. The molecular formula is C15H17NO3. The molecule has 4 heteroatoms. The summed E-state index contributed by atoms with van der Waals surface area (Å²) >= 11 is 0. The molecule has 0 bridgehead atoms. The third-order valence-corrected chi connectivity index (χ3v) is 3.08. The molecule has 4 nitrogen and oxygen atoms in total. The fourth-order valence-electron chi connectivity index (χ4n) is 2.13. The van der Waals surface area contributed by atoms with Crippen molar-refractivity contribution < 1.29 is 13.9 Å². The van der Waals surface area contributed by atoms with E-state index in [1.165, 1.54) is 0 Å². The van der Waals surface area contributed by atoms with E-state index < -0.39 is 0 Å². The molecule has 0 saturated heterocycles. The van der Waals surface area contributed by atoms with Crippen LogP contribution in [0.3, 0.4) is 0 Å². The van der Waals surface area contributed by atoms with Crippen LogP contribution in [0.15, 0.2) is 41.2 Å². The van der Waals surface area contributed by atoms with Crippen molar-refractivity contribution in [1.29, 1.82) is 0 Å². The molecule has 1 aromatic heterocycles. The monoisotopic (exact) mass is 259 g/mol. The van der Waals surface area contributed by atoms with Gasteiger partial charge in [-0.15, -0.1) is 0 Å². The second-order valence-electron chi connectivity index (χ2n) is 4.53. The lowest BCUT2D eigenvalue weighted by Crippen LogP contribution is -2.13. The Bertz CT molecular complexity index is 522. The molecular weight excluding hydrogens is 242 g/mol. The summed E-state index contributed by atoms with van der Waals surface area (Å²) in [5.41, 5.74) is 2.27. The van der Waals surface area contributed by atoms with Crippen molar-refractivity contribution in [1.82, 2.24) is 5.32 Å². The van der Waals surface area contributed by atoms with E-state index in [0.29, 0.717) is 6.61 Å². The third-order valence-electron chi connectivity index (χ3n) is 3.08. The molecule has 2 aromatic rings. The fourth-order valence-corrected chi connectivity index (χ4v) is 2.13. The summed E-state index contributed by atoms with van der Waals surface area (Å²) in [4.78, 5) is 0. The quantitative estimate of drug-likeness (QED) is 0.917. The second kappa shape index (κ2) is 5.80. The van der Waals surface area contributed by atoms with Crippen molar-refractivity contribution >= 4 is 0 Å². The van der Waals surface area contributed by atoms with E-state index in [9.17, 15) is 0 Å². The topological polar surface area (TPSA) is 43.6 Å². The van der Waals surface area contributed by atoms with Crippen molar-refractivity contribution in [2.75, 3.05) is 13.2 Å². The first-order valence-electron chi connectivity index (χ1n) is 6.53. The van der Waals surface area contributed by atoms with Crippen LogP contribution in [0, 0.1) is 0 Å². The van der Waals surface area contributed by atoms with Gasteiger partial charge in [-0.2, -0.15) is 0 Å². The van der Waals surface area contributed by atoms with Crippen LogP contribution in [-0.4, -0.2) is 13.2 Å². The number of hydrogen-bond acceptors (Lipinski definition) is 4. The number of para-hydroxylation sites is 1. The number of hydrogen-bond donors (Lipinski definition) is 1. The third kappa shape index (κ3) is 2.90. The molecule has 0 saturated carbocycles. The lowest BCUT2D eigenvalue weighted by atomic mass is 10.2. The van der Waals surface area contributed by atoms with Crippen LogP contribution in [-0.2, 0) is 13.1 Å². The summed E-state index contributed by atoms with van der Waals surface area (Å²) in [6, 6.07) is 7.98. The van der Waals surface area contributed by atoms with Crippen LogP contribution < -0.4 is 14.8 Å². The van der Waals surface area contributed by atoms with Crippen molar-refractivity contribution in [2.24, 2.45) is 0 Å². The van der Waals surface area contributed by atoms with E-state index in [4.69, 9.17) is 13.9 Å². The Morgan fingerprint density at radius 1 is 1.05 bits per heavy atom. The largest absolute Gasteiger partial charge is 0.490 e. The molecule has 0 spiro atoms. The summed E-state index contributed by atoms with van der Waals surface area (Å²) in [7, 11) is 0. The maximum absolute atomic E-state index is 5.78. The number of ether oxygens (including phenoxy) is 2. The first kappa shape index (κ1) is 12.1. The number of nitrogens with one attached hydrogen (secondary N) is 1. The molecule has 100 valence electrons. The highest BCUT2D eigenvalue weighted by atomic mass is 16.5. The second-order valence-corrected chi connectivity index (χ2v) is 4.53. The van der Waals surface area contributed by atoms with Gasteiger partial charge in [-0.1, -0.05) is 12.1 Å². The number of benzene rings is 1. The van der Waals surface area contributed by atoms with E-state index in [-0.39, 0.29) is 0 Å². The molecule has 1 aliphatic heterocycles. The molecule has 3 rings (SSSR count). The van der Waals surface area contributed by atoms with Crippen molar-refractivity contribution in [3.8, 4) is 11.5 Å².